The second-order valence-corrected chi connectivity index (χ2v) is 9.08. The monoisotopic (exact) mass is 553 g/mol. The number of halogens is 2. The van der Waals surface area contributed by atoms with Gasteiger partial charge < -0.3 is 10.1 Å². The van der Waals surface area contributed by atoms with Gasteiger partial charge in [-0.1, -0.05) is 30.3 Å². The lowest BCUT2D eigenvalue weighted by molar-refractivity contribution is -0.115. The molecular formula is C31H25F2N5O3. The molecule has 206 valence electrons. The second kappa shape index (κ2) is 11.7. The number of hydrazine groups is 1. The fourth-order valence-electron chi connectivity index (χ4n) is 4.24. The van der Waals surface area contributed by atoms with Crippen LogP contribution in [0.15, 0.2) is 109 Å². The van der Waals surface area contributed by atoms with Crippen LogP contribution in [0.3, 0.4) is 0 Å². The minimum absolute atomic E-state index is 0.100. The highest BCUT2D eigenvalue weighted by Crippen LogP contribution is 2.35. The first-order valence-electron chi connectivity index (χ1n) is 12.6. The summed E-state index contributed by atoms with van der Waals surface area (Å²) in [6.07, 6.45) is 3.65. The molecule has 0 aliphatic carbocycles. The number of anilines is 2. The topological polar surface area (TPSA) is 88.0 Å². The first-order valence-corrected chi connectivity index (χ1v) is 12.6. The van der Waals surface area contributed by atoms with Crippen molar-refractivity contribution in [3.8, 4) is 22.6 Å². The SMILES string of the molecule is C/C(=C(/C=O)C(=O)Nc1ccc(Oc2ccnn3ccc(-c4cccc(F)c4)c23)c(F)c1)N(C)Nc1ccccc1. The Morgan fingerprint density at radius 1 is 0.951 bits per heavy atom. The number of nitrogens with one attached hydrogen (secondary N) is 2. The van der Waals surface area contributed by atoms with Gasteiger partial charge in [-0.2, -0.15) is 5.10 Å². The Balaban J connectivity index is 1.35. The first kappa shape index (κ1) is 27.1. The average molecular weight is 554 g/mol. The molecule has 0 saturated carbocycles. The predicted molar refractivity (Wildman–Crippen MR) is 152 cm³/mol. The summed E-state index contributed by atoms with van der Waals surface area (Å²) in [7, 11) is 1.67. The van der Waals surface area contributed by atoms with Crippen LogP contribution in [-0.4, -0.2) is 33.9 Å². The molecule has 10 heteroatoms. The van der Waals surface area contributed by atoms with Gasteiger partial charge in [-0.25, -0.2) is 13.3 Å². The Bertz CT molecular complexity index is 1770. The fraction of sp³-hybridized carbons (Fsp3) is 0.0645. The number of carbonyl (C=O) groups is 2. The smallest absolute Gasteiger partial charge is 0.260 e. The van der Waals surface area contributed by atoms with Crippen molar-refractivity contribution in [1.29, 1.82) is 0 Å². The zero-order valence-electron chi connectivity index (χ0n) is 22.1. The lowest BCUT2D eigenvalue weighted by atomic mass is 10.1. The summed E-state index contributed by atoms with van der Waals surface area (Å²) in [4.78, 5) is 24.7. The Morgan fingerprint density at radius 3 is 2.49 bits per heavy atom. The van der Waals surface area contributed by atoms with E-state index in [0.29, 0.717) is 34.4 Å². The van der Waals surface area contributed by atoms with Crippen molar-refractivity contribution in [2.24, 2.45) is 0 Å². The molecule has 41 heavy (non-hydrogen) atoms. The van der Waals surface area contributed by atoms with E-state index in [1.807, 2.05) is 30.3 Å². The number of fused-ring (bicyclic) bond motifs is 1. The molecule has 0 fully saturated rings. The van der Waals surface area contributed by atoms with Crippen molar-refractivity contribution in [2.45, 2.75) is 6.92 Å². The van der Waals surface area contributed by atoms with Gasteiger partial charge in [0, 0.05) is 42.3 Å². The third kappa shape index (κ3) is 5.91. The van der Waals surface area contributed by atoms with Crippen LogP contribution in [0.2, 0.25) is 0 Å². The van der Waals surface area contributed by atoms with Gasteiger partial charge >= 0.3 is 0 Å². The van der Waals surface area contributed by atoms with Gasteiger partial charge in [-0.3, -0.25) is 20.0 Å². The third-order valence-corrected chi connectivity index (χ3v) is 6.39. The van der Waals surface area contributed by atoms with E-state index in [9.17, 15) is 14.0 Å². The summed E-state index contributed by atoms with van der Waals surface area (Å²) in [5.41, 5.74) is 6.02. The molecule has 1 amide bonds. The lowest BCUT2D eigenvalue weighted by Crippen LogP contribution is -2.28. The summed E-state index contributed by atoms with van der Waals surface area (Å²) >= 11 is 0. The van der Waals surface area contributed by atoms with Crippen molar-refractivity contribution in [2.75, 3.05) is 17.8 Å². The minimum atomic E-state index is -0.743. The van der Waals surface area contributed by atoms with E-state index in [2.05, 4.69) is 15.8 Å². The van der Waals surface area contributed by atoms with E-state index >= 15 is 4.39 Å². The number of carbonyl (C=O) groups excluding carboxylic acids is 2. The number of hydrogen-bond donors (Lipinski definition) is 2. The van der Waals surface area contributed by atoms with Gasteiger partial charge in [0.25, 0.3) is 5.91 Å². The number of ether oxygens (including phenoxy) is 1. The normalized spacial score (nSPS) is 11.5. The molecule has 0 bridgehead atoms. The quantitative estimate of drug-likeness (QED) is 0.0718. The van der Waals surface area contributed by atoms with Crippen LogP contribution in [0.25, 0.3) is 16.6 Å². The highest BCUT2D eigenvalue weighted by molar-refractivity contribution is 6.17. The predicted octanol–water partition coefficient (Wildman–Crippen LogP) is 6.44. The summed E-state index contributed by atoms with van der Waals surface area (Å²) < 4.78 is 36.5. The summed E-state index contributed by atoms with van der Waals surface area (Å²) in [5.74, 6) is -1.63. The number of nitrogens with zero attached hydrogens (tertiary/aromatic N) is 3. The minimum Gasteiger partial charge on any atom is -0.452 e. The fourth-order valence-corrected chi connectivity index (χ4v) is 4.24. The van der Waals surface area contributed by atoms with Gasteiger partial charge in [0.05, 0.1) is 11.9 Å². The van der Waals surface area contributed by atoms with E-state index in [1.54, 1.807) is 54.0 Å². The van der Waals surface area contributed by atoms with E-state index < -0.39 is 17.5 Å². The Morgan fingerprint density at radius 2 is 1.76 bits per heavy atom. The Kier molecular flexibility index (Phi) is 7.73. The highest BCUT2D eigenvalue weighted by atomic mass is 19.1. The van der Waals surface area contributed by atoms with Crippen LogP contribution < -0.4 is 15.5 Å². The third-order valence-electron chi connectivity index (χ3n) is 6.39. The number of hydrogen-bond acceptors (Lipinski definition) is 6. The molecule has 2 aromatic heterocycles. The summed E-state index contributed by atoms with van der Waals surface area (Å²) in [5, 5.41) is 8.36. The standard InChI is InChI=1S/C31H25F2N5O3/c1-20(37(2)36-23-9-4-3-5-10-23)26(19-39)31(40)35-24-11-12-28(27(33)18-24)41-29-13-15-34-38-16-14-25(30(29)38)21-7-6-8-22(32)17-21/h3-19,36H,1-2H3,(H,35,40)/b26-20+. The molecule has 0 radical (unpaired) electrons. The second-order valence-electron chi connectivity index (χ2n) is 9.08. The summed E-state index contributed by atoms with van der Waals surface area (Å²) in [6, 6.07) is 22.6. The van der Waals surface area contributed by atoms with Crippen molar-refractivity contribution in [3.05, 3.63) is 120 Å². The van der Waals surface area contributed by atoms with Crippen LogP contribution in [0, 0.1) is 11.6 Å². The molecule has 0 spiro atoms. The molecule has 5 aromatic rings. The Hall–Kier alpha value is -5.51. The lowest BCUT2D eigenvalue weighted by Gasteiger charge is -2.23. The molecule has 0 unspecified atom stereocenters. The molecule has 0 aliphatic rings. The largest absolute Gasteiger partial charge is 0.452 e. The molecule has 8 nitrogen and oxygen atoms in total. The number of aromatic nitrogens is 2. The number of rotatable bonds is 9. The highest BCUT2D eigenvalue weighted by Gasteiger charge is 2.18. The molecule has 2 N–H and O–H groups in total. The molecule has 2 heterocycles. The molecule has 5 rings (SSSR count). The van der Waals surface area contributed by atoms with E-state index in [0.717, 1.165) is 11.8 Å². The number of para-hydroxylation sites is 1. The zero-order valence-corrected chi connectivity index (χ0v) is 22.1. The van der Waals surface area contributed by atoms with Crippen LogP contribution >= 0.6 is 0 Å². The molecule has 0 atom stereocenters. The van der Waals surface area contributed by atoms with Gasteiger partial charge in [0.2, 0.25) is 0 Å². The van der Waals surface area contributed by atoms with Gasteiger partial charge in [0.15, 0.2) is 23.6 Å². The molecular weight excluding hydrogens is 528 g/mol. The molecule has 0 saturated heterocycles. The average Bonchev–Trinajstić information content (AvgIpc) is 3.41. The maximum atomic E-state index is 15.2. The Labute approximate surface area is 234 Å². The van der Waals surface area contributed by atoms with Crippen LogP contribution in [0.1, 0.15) is 6.92 Å². The maximum absolute atomic E-state index is 15.2. The van der Waals surface area contributed by atoms with Crippen LogP contribution in [0.5, 0.6) is 11.5 Å². The summed E-state index contributed by atoms with van der Waals surface area (Å²) in [6.45, 7) is 1.62. The van der Waals surface area contributed by atoms with Gasteiger partial charge in [-0.05, 0) is 55.0 Å². The van der Waals surface area contributed by atoms with E-state index in [4.69, 9.17) is 4.74 Å². The van der Waals surface area contributed by atoms with Crippen molar-refractivity contribution >= 4 is 29.1 Å². The van der Waals surface area contributed by atoms with Crippen LogP contribution in [-0.2, 0) is 9.59 Å². The van der Waals surface area contributed by atoms with Crippen molar-refractivity contribution in [3.63, 3.8) is 0 Å². The van der Waals surface area contributed by atoms with Crippen LogP contribution in [0.4, 0.5) is 20.2 Å². The molecule has 0 aliphatic heterocycles. The maximum Gasteiger partial charge on any atom is 0.260 e. The number of benzene rings is 3. The number of aldehydes is 1. The van der Waals surface area contributed by atoms with E-state index in [-0.39, 0.29) is 17.0 Å². The number of allylic oxidation sites excluding steroid dienone is 1. The first-order chi connectivity index (χ1) is 19.8. The van der Waals surface area contributed by atoms with Gasteiger partial charge in [0.1, 0.15) is 16.9 Å². The zero-order chi connectivity index (χ0) is 28.9. The molecule has 3 aromatic carbocycles. The van der Waals surface area contributed by atoms with Crippen molar-refractivity contribution < 1.29 is 23.1 Å². The van der Waals surface area contributed by atoms with Crippen molar-refractivity contribution in [1.82, 2.24) is 14.6 Å². The van der Waals surface area contributed by atoms with E-state index in [1.165, 1.54) is 30.5 Å². The number of amides is 1. The van der Waals surface area contributed by atoms with Gasteiger partial charge in [-0.15, -0.1) is 0 Å².